The minimum absolute atomic E-state index is 0.752. The first kappa shape index (κ1) is 13.6. The Morgan fingerprint density at radius 2 is 2.00 bits per heavy atom. The van der Waals surface area contributed by atoms with E-state index >= 15 is 0 Å². The van der Waals surface area contributed by atoms with E-state index in [0.717, 1.165) is 19.1 Å². The number of likely N-dealkylation sites (N-methyl/N-ethyl adjacent to an activating group) is 2. The molecule has 1 saturated heterocycles. The number of rotatable bonds is 5. The van der Waals surface area contributed by atoms with Crippen LogP contribution < -0.4 is 0 Å². The van der Waals surface area contributed by atoms with Crippen LogP contribution in [-0.2, 0) is 6.54 Å². The van der Waals surface area contributed by atoms with Crippen molar-refractivity contribution >= 4 is 0 Å². The third kappa shape index (κ3) is 3.82. The number of hydrogen-bond donors (Lipinski definition) is 0. The van der Waals surface area contributed by atoms with Crippen molar-refractivity contribution in [1.29, 1.82) is 0 Å². The van der Waals surface area contributed by atoms with Gasteiger partial charge in [-0.15, -0.1) is 0 Å². The van der Waals surface area contributed by atoms with E-state index in [1.807, 2.05) is 0 Å². The quantitative estimate of drug-likeness (QED) is 0.788. The van der Waals surface area contributed by atoms with Gasteiger partial charge < -0.3 is 4.90 Å². The highest BCUT2D eigenvalue weighted by Crippen LogP contribution is 2.17. The predicted octanol–water partition coefficient (Wildman–Crippen LogP) is 2.99. The zero-order valence-corrected chi connectivity index (χ0v) is 11.8. The summed E-state index contributed by atoms with van der Waals surface area (Å²) in [6.45, 7) is 6.97. The molecule has 1 aromatic carbocycles. The maximum atomic E-state index is 2.57. The van der Waals surface area contributed by atoms with E-state index in [1.54, 1.807) is 0 Å². The second-order valence-corrected chi connectivity index (χ2v) is 5.44. The summed E-state index contributed by atoms with van der Waals surface area (Å²) in [6, 6.07) is 11.6. The monoisotopic (exact) mass is 246 g/mol. The summed E-state index contributed by atoms with van der Waals surface area (Å²) in [4.78, 5) is 5.11. The first-order chi connectivity index (χ1) is 8.79. The molecule has 0 aromatic heterocycles. The summed E-state index contributed by atoms with van der Waals surface area (Å²) < 4.78 is 0. The fourth-order valence-electron chi connectivity index (χ4n) is 2.82. The highest BCUT2D eigenvalue weighted by atomic mass is 15.2. The second-order valence-electron chi connectivity index (χ2n) is 5.44. The molecule has 2 rings (SSSR count). The summed E-state index contributed by atoms with van der Waals surface area (Å²) in [5.74, 6) is 0. The van der Waals surface area contributed by atoms with Crippen molar-refractivity contribution in [3.63, 3.8) is 0 Å². The van der Waals surface area contributed by atoms with Gasteiger partial charge in [-0.1, -0.05) is 43.7 Å². The lowest BCUT2D eigenvalue weighted by Gasteiger charge is -2.36. The number of nitrogens with zero attached hydrogens (tertiary/aromatic N) is 2. The van der Waals surface area contributed by atoms with Gasteiger partial charge in [-0.05, 0) is 38.5 Å². The molecule has 1 aliphatic heterocycles. The third-order valence-corrected chi connectivity index (χ3v) is 4.09. The lowest BCUT2D eigenvalue weighted by Crippen LogP contribution is -2.44. The summed E-state index contributed by atoms with van der Waals surface area (Å²) in [6.07, 6.45) is 4.14. The summed E-state index contributed by atoms with van der Waals surface area (Å²) in [5.41, 5.74) is 1.43. The standard InChI is InChI=1S/C16H26N2/c1-3-18(13-15-9-5-4-6-10-15)14-16-11-7-8-12-17(16)2/h4-6,9-10,16H,3,7-8,11-14H2,1-2H3. The topological polar surface area (TPSA) is 6.48 Å². The van der Waals surface area contributed by atoms with Gasteiger partial charge in [0.25, 0.3) is 0 Å². The molecule has 1 fully saturated rings. The van der Waals surface area contributed by atoms with E-state index in [9.17, 15) is 0 Å². The molecule has 1 atom stereocenters. The van der Waals surface area contributed by atoms with Crippen molar-refractivity contribution < 1.29 is 0 Å². The minimum atomic E-state index is 0.752. The zero-order valence-electron chi connectivity index (χ0n) is 11.8. The van der Waals surface area contributed by atoms with Crippen molar-refractivity contribution in [3.8, 4) is 0 Å². The smallest absolute Gasteiger partial charge is 0.0234 e. The van der Waals surface area contributed by atoms with Crippen LogP contribution in [0, 0.1) is 0 Å². The van der Waals surface area contributed by atoms with E-state index < -0.39 is 0 Å². The number of likely N-dealkylation sites (tertiary alicyclic amines) is 1. The minimum Gasteiger partial charge on any atom is -0.302 e. The van der Waals surface area contributed by atoms with Gasteiger partial charge in [-0.25, -0.2) is 0 Å². The summed E-state index contributed by atoms with van der Waals surface area (Å²) >= 11 is 0. The van der Waals surface area contributed by atoms with Gasteiger partial charge in [0.2, 0.25) is 0 Å². The molecule has 0 amide bonds. The lowest BCUT2D eigenvalue weighted by atomic mass is 10.0. The van der Waals surface area contributed by atoms with Gasteiger partial charge in [0, 0.05) is 19.1 Å². The fraction of sp³-hybridized carbons (Fsp3) is 0.625. The highest BCUT2D eigenvalue weighted by Gasteiger charge is 2.20. The second kappa shape index (κ2) is 6.91. The van der Waals surface area contributed by atoms with Crippen molar-refractivity contribution in [2.75, 3.05) is 26.7 Å². The van der Waals surface area contributed by atoms with Gasteiger partial charge in [0.05, 0.1) is 0 Å². The van der Waals surface area contributed by atoms with Crippen molar-refractivity contribution in [2.45, 2.75) is 38.8 Å². The van der Waals surface area contributed by atoms with E-state index in [1.165, 1.54) is 37.9 Å². The summed E-state index contributed by atoms with van der Waals surface area (Å²) in [5, 5.41) is 0. The Morgan fingerprint density at radius 3 is 2.67 bits per heavy atom. The molecule has 2 heteroatoms. The molecule has 1 unspecified atom stereocenters. The molecule has 0 saturated carbocycles. The van der Waals surface area contributed by atoms with E-state index in [-0.39, 0.29) is 0 Å². The SMILES string of the molecule is CCN(Cc1ccccc1)CC1CCCCN1C. The third-order valence-electron chi connectivity index (χ3n) is 4.09. The molecule has 2 nitrogen and oxygen atoms in total. The van der Waals surface area contributed by atoms with Gasteiger partial charge >= 0.3 is 0 Å². The van der Waals surface area contributed by atoms with Gasteiger partial charge in [0.1, 0.15) is 0 Å². The van der Waals surface area contributed by atoms with Crippen LogP contribution in [0.3, 0.4) is 0 Å². The van der Waals surface area contributed by atoms with E-state index in [0.29, 0.717) is 0 Å². The molecule has 1 aromatic rings. The van der Waals surface area contributed by atoms with Gasteiger partial charge in [0.15, 0.2) is 0 Å². The largest absolute Gasteiger partial charge is 0.302 e. The molecule has 1 heterocycles. The van der Waals surface area contributed by atoms with Crippen LogP contribution in [0.4, 0.5) is 0 Å². The highest BCUT2D eigenvalue weighted by molar-refractivity contribution is 5.14. The first-order valence-corrected chi connectivity index (χ1v) is 7.26. The van der Waals surface area contributed by atoms with E-state index in [2.05, 4.69) is 54.1 Å². The molecule has 0 aliphatic carbocycles. The number of benzene rings is 1. The molecular weight excluding hydrogens is 220 g/mol. The molecule has 0 bridgehead atoms. The predicted molar refractivity (Wildman–Crippen MR) is 77.7 cm³/mol. The average Bonchev–Trinajstić information content (AvgIpc) is 2.41. The maximum absolute atomic E-state index is 2.57. The normalized spacial score (nSPS) is 21.4. The van der Waals surface area contributed by atoms with Crippen LogP contribution in [0.2, 0.25) is 0 Å². The first-order valence-electron chi connectivity index (χ1n) is 7.26. The Kier molecular flexibility index (Phi) is 5.21. The maximum Gasteiger partial charge on any atom is 0.0234 e. The van der Waals surface area contributed by atoms with Crippen LogP contribution in [-0.4, -0.2) is 42.5 Å². The Hall–Kier alpha value is -0.860. The van der Waals surface area contributed by atoms with Crippen LogP contribution in [0.1, 0.15) is 31.7 Å². The molecule has 18 heavy (non-hydrogen) atoms. The van der Waals surface area contributed by atoms with Crippen molar-refractivity contribution in [1.82, 2.24) is 9.80 Å². The summed E-state index contributed by atoms with van der Waals surface area (Å²) in [7, 11) is 2.28. The van der Waals surface area contributed by atoms with Crippen molar-refractivity contribution in [3.05, 3.63) is 35.9 Å². The van der Waals surface area contributed by atoms with Crippen molar-refractivity contribution in [2.24, 2.45) is 0 Å². The molecule has 0 radical (unpaired) electrons. The number of piperidine rings is 1. The Balaban J connectivity index is 1.88. The Bertz CT molecular complexity index is 336. The zero-order chi connectivity index (χ0) is 12.8. The Labute approximate surface area is 112 Å². The van der Waals surface area contributed by atoms with Gasteiger partial charge in [-0.3, -0.25) is 4.90 Å². The molecule has 0 N–H and O–H groups in total. The van der Waals surface area contributed by atoms with Crippen LogP contribution in [0.5, 0.6) is 0 Å². The molecular formula is C16H26N2. The van der Waals surface area contributed by atoms with Crippen LogP contribution >= 0.6 is 0 Å². The van der Waals surface area contributed by atoms with Crippen LogP contribution in [0.25, 0.3) is 0 Å². The lowest BCUT2D eigenvalue weighted by molar-refractivity contribution is 0.127. The molecule has 0 spiro atoms. The molecule has 100 valence electrons. The van der Waals surface area contributed by atoms with Gasteiger partial charge in [-0.2, -0.15) is 0 Å². The van der Waals surface area contributed by atoms with E-state index in [4.69, 9.17) is 0 Å². The fourth-order valence-corrected chi connectivity index (χ4v) is 2.82. The van der Waals surface area contributed by atoms with Crippen LogP contribution in [0.15, 0.2) is 30.3 Å². The number of hydrogen-bond acceptors (Lipinski definition) is 2. The Morgan fingerprint density at radius 1 is 1.22 bits per heavy atom. The average molecular weight is 246 g/mol. The molecule has 1 aliphatic rings.